The van der Waals surface area contributed by atoms with Crippen molar-refractivity contribution in [2.24, 2.45) is 0 Å². The maximum atomic E-state index is 12.3. The van der Waals surface area contributed by atoms with E-state index in [4.69, 9.17) is 8.42 Å². The highest BCUT2D eigenvalue weighted by molar-refractivity contribution is 8.31. The third kappa shape index (κ3) is 6.20. The minimum absolute atomic E-state index is 0.596. The summed E-state index contributed by atoms with van der Waals surface area (Å²) < 4.78 is 56.5. The van der Waals surface area contributed by atoms with Crippen LogP contribution in [0.2, 0.25) is 0 Å². The molecule has 0 fully saturated rings. The molecule has 2 rings (SSSR count). The van der Waals surface area contributed by atoms with Gasteiger partial charge in [0.1, 0.15) is 6.33 Å². The van der Waals surface area contributed by atoms with Crippen LogP contribution in [0.15, 0.2) is 24.5 Å². The zero-order valence-electron chi connectivity index (χ0n) is 11.3. The van der Waals surface area contributed by atoms with Crippen molar-refractivity contribution in [3.8, 4) is 5.69 Å². The Kier molecular flexibility index (Phi) is 5.82. The summed E-state index contributed by atoms with van der Waals surface area (Å²) in [6.45, 7) is 3.73. The maximum absolute atomic E-state index is 12.3. The Morgan fingerprint density at radius 2 is 1.73 bits per heavy atom. The van der Waals surface area contributed by atoms with E-state index >= 15 is 0 Å². The Morgan fingerprint density at radius 3 is 2.14 bits per heavy atom. The number of aromatic nitrogens is 3. The molecule has 22 heavy (non-hydrogen) atoms. The van der Waals surface area contributed by atoms with E-state index in [9.17, 15) is 13.2 Å². The van der Waals surface area contributed by atoms with E-state index in [1.54, 1.807) is 6.07 Å². The molecule has 0 bridgehead atoms. The number of aryl methyl sites for hydroxylation is 2. The molecule has 0 aliphatic carbocycles. The molecule has 0 aliphatic rings. The summed E-state index contributed by atoms with van der Waals surface area (Å²) in [5.41, 5.74) is 2.49. The second-order valence-electron chi connectivity index (χ2n) is 4.18. The third-order valence-corrected chi connectivity index (χ3v) is 2.34. The van der Waals surface area contributed by atoms with Gasteiger partial charge in [-0.15, -0.1) is 5.10 Å². The average molecular weight is 376 g/mol. The van der Waals surface area contributed by atoms with Crippen LogP contribution >= 0.6 is 21.4 Å². The first kappa shape index (κ1) is 18.7. The molecule has 0 spiro atoms. The van der Waals surface area contributed by atoms with Gasteiger partial charge >= 0.3 is 14.4 Å². The van der Waals surface area contributed by atoms with Crippen LogP contribution in [0, 0.1) is 13.8 Å². The molecule has 0 radical (unpaired) electrons. The maximum Gasteiger partial charge on any atom is 0.453 e. The monoisotopic (exact) mass is 375 g/mol. The molecular formula is C11H10Cl2F3N3O2S. The molecule has 2 aromatic rings. The van der Waals surface area contributed by atoms with Gasteiger partial charge < -0.3 is 0 Å². The first-order chi connectivity index (χ1) is 9.88. The van der Waals surface area contributed by atoms with Crippen LogP contribution in [-0.2, 0) is 14.4 Å². The van der Waals surface area contributed by atoms with E-state index in [-0.39, 0.29) is 0 Å². The van der Waals surface area contributed by atoms with E-state index in [1.807, 2.05) is 26.0 Å². The summed E-state index contributed by atoms with van der Waals surface area (Å²) in [5, 5.41) is 3.42. The van der Waals surface area contributed by atoms with Crippen LogP contribution in [0.25, 0.3) is 5.69 Å². The Balaban J connectivity index is 0.000000422. The smallest absolute Gasteiger partial charge is 0.220 e. The van der Waals surface area contributed by atoms with Gasteiger partial charge in [-0.05, 0) is 25.5 Å². The van der Waals surface area contributed by atoms with Gasteiger partial charge in [-0.2, -0.15) is 21.6 Å². The third-order valence-electron chi connectivity index (χ3n) is 2.34. The molecule has 1 aromatic heterocycles. The fourth-order valence-corrected chi connectivity index (χ4v) is 1.57. The quantitative estimate of drug-likeness (QED) is 0.714. The Labute approximate surface area is 133 Å². The fraction of sp³-hybridized carbons (Fsp3) is 0.273. The number of hydrogen-bond acceptors (Lipinski definition) is 4. The predicted molar refractivity (Wildman–Crippen MR) is 76.5 cm³/mol. The van der Waals surface area contributed by atoms with Gasteiger partial charge in [0.2, 0.25) is 0 Å². The molecule has 0 aliphatic heterocycles. The zero-order valence-corrected chi connectivity index (χ0v) is 13.6. The van der Waals surface area contributed by atoms with E-state index in [2.05, 4.69) is 31.4 Å². The zero-order chi connectivity index (χ0) is 17.1. The molecule has 0 amide bonds. The summed E-state index contributed by atoms with van der Waals surface area (Å²) in [4.78, 5) is 3.25. The minimum Gasteiger partial charge on any atom is -0.220 e. The Hall–Kier alpha value is -1.32. The van der Waals surface area contributed by atoms with Crippen LogP contribution in [0.5, 0.6) is 0 Å². The van der Waals surface area contributed by atoms with Crippen LogP contribution in [0.1, 0.15) is 17.0 Å². The topological polar surface area (TPSA) is 64.8 Å². The number of hydrogen-bond donors (Lipinski definition) is 0. The first-order valence-corrected chi connectivity index (χ1v) is 8.72. The van der Waals surface area contributed by atoms with Crippen molar-refractivity contribution in [1.82, 2.24) is 14.8 Å². The largest absolute Gasteiger partial charge is 0.453 e. The van der Waals surface area contributed by atoms with Crippen LogP contribution in [-0.4, -0.2) is 23.2 Å². The first-order valence-electron chi connectivity index (χ1n) is 5.58. The van der Waals surface area contributed by atoms with Crippen LogP contribution in [0.3, 0.4) is 0 Å². The number of nitrogens with zero attached hydrogens (tertiary/aromatic N) is 3. The van der Waals surface area contributed by atoms with E-state index in [1.165, 1.54) is 0 Å². The molecule has 5 nitrogen and oxygen atoms in total. The standard InChI is InChI=1S/C11H10F3N3.Cl2O2S/c1-7-3-4-9(8(2)5-7)17-6-15-10(16-17)11(12,13)14;1-5(2,3)4/h3-6H,1-2H3;. The lowest BCUT2D eigenvalue weighted by atomic mass is 10.1. The molecule has 0 unspecified atom stereocenters. The highest BCUT2D eigenvalue weighted by atomic mass is 36.0. The lowest BCUT2D eigenvalue weighted by Crippen LogP contribution is -2.09. The number of benzene rings is 1. The highest BCUT2D eigenvalue weighted by Gasteiger charge is 2.35. The van der Waals surface area contributed by atoms with Gasteiger partial charge in [0.25, 0.3) is 5.82 Å². The number of alkyl halides is 3. The van der Waals surface area contributed by atoms with Gasteiger partial charge in [-0.3, -0.25) is 0 Å². The lowest BCUT2D eigenvalue weighted by Gasteiger charge is -2.06. The molecule has 0 saturated heterocycles. The number of rotatable bonds is 1. The van der Waals surface area contributed by atoms with Crippen LogP contribution in [0.4, 0.5) is 13.2 Å². The van der Waals surface area contributed by atoms with Crippen molar-refractivity contribution >= 4 is 29.6 Å². The Bertz CT molecular complexity index is 752. The molecule has 122 valence electrons. The molecule has 1 heterocycles. The normalized spacial score (nSPS) is 11.8. The van der Waals surface area contributed by atoms with Gasteiger partial charge in [-0.25, -0.2) is 9.67 Å². The van der Waals surface area contributed by atoms with Gasteiger partial charge in [0.05, 0.1) is 5.69 Å². The van der Waals surface area contributed by atoms with Crippen molar-refractivity contribution in [2.45, 2.75) is 20.0 Å². The fourth-order valence-electron chi connectivity index (χ4n) is 1.57. The van der Waals surface area contributed by atoms with E-state index in [0.717, 1.165) is 22.1 Å². The van der Waals surface area contributed by atoms with E-state index in [0.29, 0.717) is 5.69 Å². The SMILES string of the molecule is Cc1ccc(-n2cnc(C(F)(F)F)n2)c(C)c1.O=S(=O)(Cl)Cl. The van der Waals surface area contributed by atoms with Crippen LogP contribution < -0.4 is 0 Å². The highest BCUT2D eigenvalue weighted by Crippen LogP contribution is 2.26. The summed E-state index contributed by atoms with van der Waals surface area (Å²) in [7, 11) is 4.81. The molecule has 0 N–H and O–H groups in total. The molecule has 1 aromatic carbocycles. The summed E-state index contributed by atoms with van der Waals surface area (Å²) in [6.07, 6.45) is -3.44. The van der Waals surface area contributed by atoms with Crippen molar-refractivity contribution in [2.75, 3.05) is 0 Å². The summed E-state index contributed by atoms with van der Waals surface area (Å²) in [6, 6.07) is 5.42. The minimum atomic E-state index is -4.51. The summed E-state index contributed by atoms with van der Waals surface area (Å²) in [5.74, 6) is -1.13. The van der Waals surface area contributed by atoms with E-state index < -0.39 is 20.3 Å². The van der Waals surface area contributed by atoms with Gasteiger partial charge in [-0.1, -0.05) is 17.7 Å². The molecular weight excluding hydrogens is 366 g/mol. The van der Waals surface area contributed by atoms with Gasteiger partial charge in [0.15, 0.2) is 0 Å². The molecule has 0 atom stereocenters. The van der Waals surface area contributed by atoms with Crippen molar-refractivity contribution in [3.63, 3.8) is 0 Å². The Morgan fingerprint density at radius 1 is 1.18 bits per heavy atom. The number of halogens is 5. The van der Waals surface area contributed by atoms with Crippen molar-refractivity contribution in [3.05, 3.63) is 41.5 Å². The lowest BCUT2D eigenvalue weighted by molar-refractivity contribution is -0.144. The predicted octanol–water partition coefficient (Wildman–Crippen LogP) is 3.61. The van der Waals surface area contributed by atoms with Gasteiger partial charge in [0, 0.05) is 21.4 Å². The second-order valence-corrected chi connectivity index (χ2v) is 7.85. The molecule has 11 heteroatoms. The van der Waals surface area contributed by atoms with Crippen molar-refractivity contribution in [1.29, 1.82) is 0 Å². The molecule has 0 saturated carbocycles. The average Bonchev–Trinajstić information content (AvgIpc) is 2.75. The second kappa shape index (κ2) is 6.84. The van der Waals surface area contributed by atoms with Crippen molar-refractivity contribution < 1.29 is 21.6 Å². The summed E-state index contributed by atoms with van der Waals surface area (Å²) >= 11 is 0.